The topological polar surface area (TPSA) is 71.1 Å². The van der Waals surface area contributed by atoms with Gasteiger partial charge in [-0.05, 0) is 25.0 Å². The molecule has 0 spiro atoms. The van der Waals surface area contributed by atoms with Crippen LogP contribution in [0.5, 0.6) is 0 Å². The number of aryl methyl sites for hydroxylation is 1. The fraction of sp³-hybridized carbons (Fsp3) is 0.353. The number of hydrogen-bond donors (Lipinski definition) is 2. The molecule has 0 atom stereocenters. The molecule has 0 radical (unpaired) electrons. The molecule has 0 unspecified atom stereocenters. The van der Waals surface area contributed by atoms with Gasteiger partial charge in [-0.15, -0.1) is 11.3 Å². The van der Waals surface area contributed by atoms with E-state index < -0.39 is 0 Å². The lowest BCUT2D eigenvalue weighted by Crippen LogP contribution is -2.37. The van der Waals surface area contributed by atoms with Gasteiger partial charge in [0, 0.05) is 28.9 Å². The maximum absolute atomic E-state index is 12.3. The van der Waals surface area contributed by atoms with E-state index in [1.54, 1.807) is 29.2 Å². The Hall–Kier alpha value is -1.86. The Labute approximate surface area is 150 Å². The highest BCUT2D eigenvalue weighted by Gasteiger charge is 2.12. The highest BCUT2D eigenvalue weighted by Crippen LogP contribution is 2.27. The van der Waals surface area contributed by atoms with Gasteiger partial charge in [-0.2, -0.15) is 0 Å². The van der Waals surface area contributed by atoms with Gasteiger partial charge in [-0.25, -0.2) is 4.98 Å². The van der Waals surface area contributed by atoms with E-state index >= 15 is 0 Å². The smallest absolute Gasteiger partial charge is 0.252 e. The van der Waals surface area contributed by atoms with Gasteiger partial charge in [-0.3, -0.25) is 9.59 Å². The predicted octanol–water partition coefficient (Wildman–Crippen LogP) is 3.00. The lowest BCUT2D eigenvalue weighted by Gasteiger charge is -2.09. The van der Waals surface area contributed by atoms with Gasteiger partial charge in [0.2, 0.25) is 5.91 Å². The molecule has 2 rings (SSSR count). The second-order valence-electron chi connectivity index (χ2n) is 5.23. The Bertz CT molecular complexity index is 701. The van der Waals surface area contributed by atoms with Crippen molar-refractivity contribution in [3.63, 3.8) is 0 Å². The van der Waals surface area contributed by atoms with Gasteiger partial charge in [0.1, 0.15) is 4.34 Å². The summed E-state index contributed by atoms with van der Waals surface area (Å²) >= 11 is 3.21. The number of nitrogens with zero attached hydrogens (tertiary/aromatic N) is 1. The van der Waals surface area contributed by atoms with Crippen LogP contribution in [0.1, 0.15) is 35.0 Å². The average Bonchev–Trinajstić information content (AvgIpc) is 3.01. The van der Waals surface area contributed by atoms with Crippen LogP contribution in [0, 0.1) is 6.92 Å². The second kappa shape index (κ2) is 9.44. The van der Waals surface area contributed by atoms with Crippen molar-refractivity contribution in [2.75, 3.05) is 13.1 Å². The van der Waals surface area contributed by atoms with Crippen molar-refractivity contribution in [2.24, 2.45) is 0 Å². The zero-order chi connectivity index (χ0) is 17.4. The standard InChI is InChI=1S/C17H21N3O2S2/c1-3-8-18-15(21)9-19-16(22)14-7-5-4-6-13(14)11-24-17-20-12(2)10-23-17/h4-7,10H,3,8-9,11H2,1-2H3,(H,18,21)(H,19,22). The quantitative estimate of drug-likeness (QED) is 0.707. The van der Waals surface area contributed by atoms with Gasteiger partial charge < -0.3 is 10.6 Å². The Morgan fingerprint density at radius 3 is 2.75 bits per heavy atom. The zero-order valence-corrected chi connectivity index (χ0v) is 15.4. The third kappa shape index (κ3) is 5.65. The number of carbonyl (C=O) groups excluding carboxylic acids is 2. The Balaban J connectivity index is 1.94. The van der Waals surface area contributed by atoms with Gasteiger partial charge >= 0.3 is 0 Å². The van der Waals surface area contributed by atoms with Crippen LogP contribution >= 0.6 is 23.1 Å². The minimum Gasteiger partial charge on any atom is -0.355 e. The lowest BCUT2D eigenvalue weighted by atomic mass is 10.1. The Morgan fingerprint density at radius 2 is 2.04 bits per heavy atom. The lowest BCUT2D eigenvalue weighted by molar-refractivity contribution is -0.120. The van der Waals surface area contributed by atoms with E-state index in [1.807, 2.05) is 37.4 Å². The largest absolute Gasteiger partial charge is 0.355 e. The normalized spacial score (nSPS) is 10.4. The molecule has 5 nitrogen and oxygen atoms in total. The first-order valence-electron chi connectivity index (χ1n) is 7.78. The molecule has 7 heteroatoms. The maximum Gasteiger partial charge on any atom is 0.252 e. The molecule has 1 aromatic carbocycles. The van der Waals surface area contributed by atoms with Crippen molar-refractivity contribution < 1.29 is 9.59 Å². The molecule has 2 aromatic rings. The minimum absolute atomic E-state index is 0.00795. The number of thioether (sulfide) groups is 1. The highest BCUT2D eigenvalue weighted by atomic mass is 32.2. The summed E-state index contributed by atoms with van der Waals surface area (Å²) < 4.78 is 0.988. The van der Waals surface area contributed by atoms with E-state index in [0.29, 0.717) is 17.9 Å². The maximum atomic E-state index is 12.3. The highest BCUT2D eigenvalue weighted by molar-refractivity contribution is 8.00. The number of benzene rings is 1. The third-order valence-electron chi connectivity index (χ3n) is 3.19. The summed E-state index contributed by atoms with van der Waals surface area (Å²) in [7, 11) is 0. The van der Waals surface area contributed by atoms with Crippen LogP contribution in [0.4, 0.5) is 0 Å². The summed E-state index contributed by atoms with van der Waals surface area (Å²) in [5.74, 6) is 0.266. The van der Waals surface area contributed by atoms with Crippen molar-refractivity contribution in [2.45, 2.75) is 30.4 Å². The third-order valence-corrected chi connectivity index (χ3v) is 5.38. The molecule has 0 aliphatic carbocycles. The summed E-state index contributed by atoms with van der Waals surface area (Å²) in [5, 5.41) is 7.42. The van der Waals surface area contributed by atoms with E-state index in [1.165, 1.54) is 0 Å². The van der Waals surface area contributed by atoms with Crippen molar-refractivity contribution in [3.05, 3.63) is 46.5 Å². The molecule has 0 aliphatic heterocycles. The van der Waals surface area contributed by atoms with Crippen molar-refractivity contribution in [1.82, 2.24) is 15.6 Å². The van der Waals surface area contributed by atoms with E-state index in [0.717, 1.165) is 22.0 Å². The average molecular weight is 364 g/mol. The Morgan fingerprint density at radius 1 is 1.25 bits per heavy atom. The number of rotatable bonds is 8. The predicted molar refractivity (Wildman–Crippen MR) is 98.5 cm³/mol. The van der Waals surface area contributed by atoms with Gasteiger partial charge in [0.15, 0.2) is 0 Å². The van der Waals surface area contributed by atoms with E-state index in [-0.39, 0.29) is 18.4 Å². The summed E-state index contributed by atoms with van der Waals surface area (Å²) in [6.07, 6.45) is 0.871. The number of amides is 2. The number of hydrogen-bond acceptors (Lipinski definition) is 5. The number of carbonyl (C=O) groups is 2. The summed E-state index contributed by atoms with van der Waals surface area (Å²) in [6, 6.07) is 7.45. The van der Waals surface area contributed by atoms with Crippen LogP contribution in [0.15, 0.2) is 34.0 Å². The van der Waals surface area contributed by atoms with Crippen LogP contribution in [-0.4, -0.2) is 29.9 Å². The second-order valence-corrected chi connectivity index (χ2v) is 7.31. The van der Waals surface area contributed by atoms with Crippen LogP contribution in [0.3, 0.4) is 0 Å². The summed E-state index contributed by atoms with van der Waals surface area (Å²) in [6.45, 7) is 4.56. The molecule has 2 amide bonds. The molecule has 1 aromatic heterocycles. The van der Waals surface area contributed by atoms with E-state index in [9.17, 15) is 9.59 Å². The summed E-state index contributed by atoms with van der Waals surface area (Å²) in [5.41, 5.74) is 2.54. The molecule has 0 saturated carbocycles. The van der Waals surface area contributed by atoms with Gasteiger partial charge in [0.25, 0.3) is 5.91 Å². The fourth-order valence-corrected chi connectivity index (χ4v) is 3.84. The minimum atomic E-state index is -0.229. The van der Waals surface area contributed by atoms with E-state index in [4.69, 9.17) is 0 Å². The van der Waals surface area contributed by atoms with Crippen molar-refractivity contribution in [3.8, 4) is 0 Å². The van der Waals surface area contributed by atoms with Crippen molar-refractivity contribution >= 4 is 34.9 Å². The van der Waals surface area contributed by atoms with Crippen LogP contribution in [0.2, 0.25) is 0 Å². The molecule has 1 heterocycles. The SMILES string of the molecule is CCCNC(=O)CNC(=O)c1ccccc1CSc1nc(C)cs1. The first-order valence-corrected chi connectivity index (χ1v) is 9.64. The fourth-order valence-electron chi connectivity index (χ4n) is 1.99. The van der Waals surface area contributed by atoms with Crippen LogP contribution in [0.25, 0.3) is 0 Å². The van der Waals surface area contributed by atoms with Crippen LogP contribution in [-0.2, 0) is 10.5 Å². The molecule has 0 saturated heterocycles. The molecule has 0 fully saturated rings. The summed E-state index contributed by atoms with van der Waals surface area (Å²) in [4.78, 5) is 28.4. The number of nitrogens with one attached hydrogen (secondary N) is 2. The molecule has 2 N–H and O–H groups in total. The number of aromatic nitrogens is 1. The molecular weight excluding hydrogens is 342 g/mol. The van der Waals surface area contributed by atoms with Crippen molar-refractivity contribution in [1.29, 1.82) is 0 Å². The van der Waals surface area contributed by atoms with Gasteiger partial charge in [0.05, 0.1) is 6.54 Å². The van der Waals surface area contributed by atoms with E-state index in [2.05, 4.69) is 15.6 Å². The first kappa shape index (κ1) is 18.5. The molecule has 24 heavy (non-hydrogen) atoms. The molecule has 0 bridgehead atoms. The number of thiazole rings is 1. The molecule has 0 aliphatic rings. The van der Waals surface area contributed by atoms with Gasteiger partial charge in [-0.1, -0.05) is 36.9 Å². The Kier molecular flexibility index (Phi) is 7.27. The molecular formula is C17H21N3O2S2. The first-order chi connectivity index (χ1) is 11.6. The van der Waals surface area contributed by atoms with Crippen LogP contribution < -0.4 is 10.6 Å². The zero-order valence-electron chi connectivity index (χ0n) is 13.8. The molecule has 128 valence electrons. The monoisotopic (exact) mass is 363 g/mol.